The lowest BCUT2D eigenvalue weighted by atomic mass is 10.00. The van der Waals surface area contributed by atoms with Gasteiger partial charge in [-0.1, -0.05) is 48.5 Å². The summed E-state index contributed by atoms with van der Waals surface area (Å²) in [4.78, 5) is 11.0. The quantitative estimate of drug-likeness (QED) is 0.840. The predicted molar refractivity (Wildman–Crippen MR) is 61.3 cm³/mol. The van der Waals surface area contributed by atoms with Crippen LogP contribution in [0.4, 0.5) is 4.70 Å². The number of hydrogen-bond donors (Lipinski definition) is 1. The molecule has 0 aliphatic rings. The Morgan fingerprint density at radius 2 is 1.44 bits per heavy atom. The molecule has 0 aliphatic heterocycles. The Labute approximate surface area is 92.5 Å². The highest BCUT2D eigenvalue weighted by Gasteiger charge is 2.09. The smallest absolute Gasteiger partial charge is 0.336 e. The molecular weight excluding hydrogens is 207 g/mol. The van der Waals surface area contributed by atoms with E-state index in [9.17, 15) is 4.79 Å². The van der Waals surface area contributed by atoms with Crippen LogP contribution in [0.2, 0.25) is 0 Å². The highest BCUT2D eigenvalue weighted by Crippen LogP contribution is 2.22. The average Bonchev–Trinajstić information content (AvgIpc) is 2.30. The highest BCUT2D eigenvalue weighted by molar-refractivity contribution is 5.95. The first-order valence-corrected chi connectivity index (χ1v) is 4.67. The third kappa shape index (κ3) is 2.25. The Morgan fingerprint density at radius 3 is 2.06 bits per heavy atom. The number of rotatable bonds is 2. The van der Waals surface area contributed by atoms with Crippen LogP contribution in [0.15, 0.2) is 54.6 Å². The minimum Gasteiger partial charge on any atom is -0.478 e. The maximum Gasteiger partial charge on any atom is 0.336 e. The van der Waals surface area contributed by atoms with Crippen LogP contribution in [0.25, 0.3) is 11.1 Å². The molecule has 2 aromatic carbocycles. The predicted octanol–water partition coefficient (Wildman–Crippen LogP) is 3.20. The first-order valence-electron chi connectivity index (χ1n) is 4.67. The van der Waals surface area contributed by atoms with E-state index in [0.29, 0.717) is 5.56 Å². The second kappa shape index (κ2) is 5.07. The maximum absolute atomic E-state index is 11.0. The fourth-order valence-corrected chi connectivity index (χ4v) is 1.54. The van der Waals surface area contributed by atoms with Crippen LogP contribution < -0.4 is 0 Å². The van der Waals surface area contributed by atoms with Crippen LogP contribution in [-0.4, -0.2) is 11.1 Å². The molecule has 0 radical (unpaired) electrons. The van der Waals surface area contributed by atoms with E-state index >= 15 is 0 Å². The number of carbonyl (C=O) groups is 1. The highest BCUT2D eigenvalue weighted by atomic mass is 19.0. The van der Waals surface area contributed by atoms with Gasteiger partial charge in [-0.2, -0.15) is 0 Å². The molecule has 82 valence electrons. The van der Waals surface area contributed by atoms with Gasteiger partial charge in [-0.05, 0) is 17.2 Å². The van der Waals surface area contributed by atoms with Gasteiger partial charge in [0.2, 0.25) is 0 Å². The monoisotopic (exact) mass is 218 g/mol. The summed E-state index contributed by atoms with van der Waals surface area (Å²) in [5.41, 5.74) is 2.02. The Morgan fingerprint density at radius 1 is 0.875 bits per heavy atom. The van der Waals surface area contributed by atoms with Gasteiger partial charge < -0.3 is 5.11 Å². The first kappa shape index (κ1) is 11.9. The molecule has 0 amide bonds. The summed E-state index contributed by atoms with van der Waals surface area (Å²) in [5, 5.41) is 9.03. The lowest BCUT2D eigenvalue weighted by Gasteiger charge is -2.05. The lowest BCUT2D eigenvalue weighted by Crippen LogP contribution is -1.98. The van der Waals surface area contributed by atoms with E-state index in [-0.39, 0.29) is 4.70 Å². The van der Waals surface area contributed by atoms with E-state index in [1.165, 1.54) is 0 Å². The summed E-state index contributed by atoms with van der Waals surface area (Å²) >= 11 is 0. The molecule has 0 aromatic heterocycles. The minimum atomic E-state index is -0.894. The third-order valence-corrected chi connectivity index (χ3v) is 2.24. The van der Waals surface area contributed by atoms with Crippen molar-refractivity contribution in [2.45, 2.75) is 0 Å². The van der Waals surface area contributed by atoms with Crippen molar-refractivity contribution >= 4 is 5.97 Å². The molecule has 2 rings (SSSR count). The van der Waals surface area contributed by atoms with Crippen molar-refractivity contribution in [1.82, 2.24) is 0 Å². The number of halogens is 1. The van der Waals surface area contributed by atoms with E-state index in [4.69, 9.17) is 5.11 Å². The minimum absolute atomic E-state index is 0. The number of benzene rings is 2. The summed E-state index contributed by atoms with van der Waals surface area (Å²) in [5.74, 6) is -0.894. The average molecular weight is 218 g/mol. The van der Waals surface area contributed by atoms with Crippen molar-refractivity contribution in [2.24, 2.45) is 0 Å². The molecule has 0 aliphatic carbocycles. The first-order chi connectivity index (χ1) is 7.29. The van der Waals surface area contributed by atoms with E-state index in [0.717, 1.165) is 11.1 Å². The van der Waals surface area contributed by atoms with Crippen LogP contribution in [-0.2, 0) is 0 Å². The fraction of sp³-hybridized carbons (Fsp3) is 0. The van der Waals surface area contributed by atoms with Crippen LogP contribution in [0.5, 0.6) is 0 Å². The largest absolute Gasteiger partial charge is 0.478 e. The lowest BCUT2D eigenvalue weighted by molar-refractivity contribution is 0.0697. The summed E-state index contributed by atoms with van der Waals surface area (Å²) in [6.45, 7) is 0. The molecule has 16 heavy (non-hydrogen) atoms. The summed E-state index contributed by atoms with van der Waals surface area (Å²) in [6.07, 6.45) is 0. The molecule has 0 fully saturated rings. The Balaban J connectivity index is 0.00000128. The van der Waals surface area contributed by atoms with E-state index in [1.54, 1.807) is 12.1 Å². The zero-order valence-corrected chi connectivity index (χ0v) is 8.46. The van der Waals surface area contributed by atoms with Crippen molar-refractivity contribution in [2.75, 3.05) is 0 Å². The Bertz CT molecular complexity index is 480. The molecule has 0 spiro atoms. The van der Waals surface area contributed by atoms with Gasteiger partial charge in [-0.3, -0.25) is 4.70 Å². The Hall–Kier alpha value is -2.16. The molecule has 0 heterocycles. The van der Waals surface area contributed by atoms with Crippen molar-refractivity contribution in [3.05, 3.63) is 60.2 Å². The number of carboxylic acids is 1. The summed E-state index contributed by atoms with van der Waals surface area (Å²) in [6, 6.07) is 16.5. The molecule has 2 aromatic rings. The topological polar surface area (TPSA) is 37.3 Å². The van der Waals surface area contributed by atoms with Crippen LogP contribution in [0.3, 0.4) is 0 Å². The van der Waals surface area contributed by atoms with Gasteiger partial charge in [0, 0.05) is 0 Å². The molecular formula is C13H11FO2. The number of aromatic carboxylic acids is 1. The normalized spacial score (nSPS) is 9.25. The van der Waals surface area contributed by atoms with Crippen LogP contribution >= 0.6 is 0 Å². The molecule has 0 bridgehead atoms. The summed E-state index contributed by atoms with van der Waals surface area (Å²) < 4.78 is 0. The second-order valence-corrected chi connectivity index (χ2v) is 3.22. The van der Waals surface area contributed by atoms with E-state index < -0.39 is 5.97 Å². The van der Waals surface area contributed by atoms with E-state index in [2.05, 4.69) is 0 Å². The number of carboxylic acid groups (broad SMARTS) is 1. The molecule has 0 unspecified atom stereocenters. The number of hydrogen-bond acceptors (Lipinski definition) is 1. The van der Waals surface area contributed by atoms with Gasteiger partial charge >= 0.3 is 5.97 Å². The molecule has 0 atom stereocenters. The van der Waals surface area contributed by atoms with Crippen molar-refractivity contribution in [1.29, 1.82) is 0 Å². The molecule has 1 N–H and O–H groups in total. The zero-order chi connectivity index (χ0) is 10.7. The molecule has 3 heteroatoms. The van der Waals surface area contributed by atoms with Gasteiger partial charge in [0.1, 0.15) is 0 Å². The van der Waals surface area contributed by atoms with Crippen molar-refractivity contribution in [3.63, 3.8) is 0 Å². The standard InChI is InChI=1S/C13H10O2.FH/c14-13(15)12-9-5-4-8-11(12)10-6-2-1-3-7-10;/h1-9H,(H,14,15);1H. The molecule has 0 saturated heterocycles. The molecule has 0 saturated carbocycles. The molecule has 2 nitrogen and oxygen atoms in total. The van der Waals surface area contributed by atoms with Gasteiger partial charge in [0.05, 0.1) is 5.56 Å². The van der Waals surface area contributed by atoms with Gasteiger partial charge in [0.15, 0.2) is 0 Å². The maximum atomic E-state index is 11.0. The Kier molecular flexibility index (Phi) is 3.78. The van der Waals surface area contributed by atoms with Gasteiger partial charge in [-0.25, -0.2) is 4.79 Å². The van der Waals surface area contributed by atoms with E-state index in [1.807, 2.05) is 42.5 Å². The third-order valence-electron chi connectivity index (χ3n) is 2.24. The van der Waals surface area contributed by atoms with Crippen molar-refractivity contribution < 1.29 is 14.6 Å². The van der Waals surface area contributed by atoms with Gasteiger partial charge in [-0.15, -0.1) is 0 Å². The second-order valence-electron chi connectivity index (χ2n) is 3.22. The van der Waals surface area contributed by atoms with Gasteiger partial charge in [0.25, 0.3) is 0 Å². The fourth-order valence-electron chi connectivity index (χ4n) is 1.54. The van der Waals surface area contributed by atoms with Crippen LogP contribution in [0, 0.1) is 0 Å². The SMILES string of the molecule is F.O=C(O)c1ccccc1-c1ccccc1. The summed E-state index contributed by atoms with van der Waals surface area (Å²) in [7, 11) is 0. The van der Waals surface area contributed by atoms with Crippen molar-refractivity contribution in [3.8, 4) is 11.1 Å². The van der Waals surface area contributed by atoms with Crippen LogP contribution in [0.1, 0.15) is 10.4 Å². The zero-order valence-electron chi connectivity index (χ0n) is 8.46.